The standard InChI is InChI=1S/C17H23O5Si/c1-4-11-20-16(18)14-9-5-6-10-15(14)17(19)21-12-7-8-13-22-23(2)3/h4-6,9-10H,1,7-8,11-13H2,2-3H3. The molecule has 1 aromatic rings. The van der Waals surface area contributed by atoms with Crippen molar-refractivity contribution in [1.82, 2.24) is 0 Å². The number of hydrogen-bond donors (Lipinski definition) is 0. The summed E-state index contributed by atoms with van der Waals surface area (Å²) in [6.07, 6.45) is 3.04. The Balaban J connectivity index is 2.49. The van der Waals surface area contributed by atoms with Gasteiger partial charge in [0.25, 0.3) is 0 Å². The molecular weight excluding hydrogens is 312 g/mol. The largest absolute Gasteiger partial charge is 0.462 e. The van der Waals surface area contributed by atoms with Crippen LogP contribution in [0.4, 0.5) is 0 Å². The number of rotatable bonds is 10. The molecule has 23 heavy (non-hydrogen) atoms. The van der Waals surface area contributed by atoms with Crippen LogP contribution in [0.3, 0.4) is 0 Å². The molecule has 0 unspecified atom stereocenters. The van der Waals surface area contributed by atoms with Crippen molar-refractivity contribution in [1.29, 1.82) is 0 Å². The maximum atomic E-state index is 12.1. The normalized spacial score (nSPS) is 10.4. The number of unbranched alkanes of at least 4 members (excludes halogenated alkanes) is 1. The van der Waals surface area contributed by atoms with Crippen LogP contribution in [0, 0.1) is 0 Å². The van der Waals surface area contributed by atoms with Crippen LogP contribution in [0.15, 0.2) is 36.9 Å². The van der Waals surface area contributed by atoms with Crippen molar-refractivity contribution in [2.45, 2.75) is 25.9 Å². The average Bonchev–Trinajstić information content (AvgIpc) is 2.55. The van der Waals surface area contributed by atoms with Gasteiger partial charge in [0.2, 0.25) is 9.04 Å². The summed E-state index contributed by atoms with van der Waals surface area (Å²) in [5.41, 5.74) is 0.414. The third-order valence-electron chi connectivity index (χ3n) is 2.86. The molecule has 6 heteroatoms. The highest BCUT2D eigenvalue weighted by atomic mass is 28.3. The van der Waals surface area contributed by atoms with Gasteiger partial charge in [-0.3, -0.25) is 0 Å². The molecular formula is C17H23O5Si. The highest BCUT2D eigenvalue weighted by molar-refractivity contribution is 6.48. The smallest absolute Gasteiger partial charge is 0.339 e. The van der Waals surface area contributed by atoms with Gasteiger partial charge in [-0.25, -0.2) is 9.59 Å². The van der Waals surface area contributed by atoms with E-state index < -0.39 is 21.0 Å². The molecule has 0 aliphatic heterocycles. The lowest BCUT2D eigenvalue weighted by Crippen LogP contribution is -2.15. The van der Waals surface area contributed by atoms with Gasteiger partial charge in [0, 0.05) is 6.61 Å². The molecule has 1 aromatic carbocycles. The predicted octanol–water partition coefficient (Wildman–Crippen LogP) is 3.23. The quantitative estimate of drug-likeness (QED) is 0.284. The van der Waals surface area contributed by atoms with Gasteiger partial charge >= 0.3 is 11.9 Å². The zero-order valence-corrected chi connectivity index (χ0v) is 14.7. The van der Waals surface area contributed by atoms with Crippen LogP contribution in [-0.4, -0.2) is 40.8 Å². The minimum absolute atomic E-state index is 0.0977. The number of hydrogen-bond acceptors (Lipinski definition) is 5. The molecule has 125 valence electrons. The highest BCUT2D eigenvalue weighted by Crippen LogP contribution is 2.12. The van der Waals surface area contributed by atoms with E-state index in [1.54, 1.807) is 24.3 Å². The number of carbonyl (C=O) groups is 2. The van der Waals surface area contributed by atoms with Crippen molar-refractivity contribution in [3.8, 4) is 0 Å². The van der Waals surface area contributed by atoms with Crippen molar-refractivity contribution in [3.05, 3.63) is 48.0 Å². The summed E-state index contributed by atoms with van der Waals surface area (Å²) in [4.78, 5) is 24.0. The minimum atomic E-state index is -0.669. The summed E-state index contributed by atoms with van der Waals surface area (Å²) in [5.74, 6) is -1.08. The maximum absolute atomic E-state index is 12.1. The van der Waals surface area contributed by atoms with Gasteiger partial charge in [0.1, 0.15) is 6.61 Å². The summed E-state index contributed by atoms with van der Waals surface area (Å²) in [6.45, 7) is 8.72. The maximum Gasteiger partial charge on any atom is 0.339 e. The molecule has 1 radical (unpaired) electrons. The van der Waals surface area contributed by atoms with Crippen LogP contribution < -0.4 is 0 Å². The fourth-order valence-electron chi connectivity index (χ4n) is 1.77. The first kappa shape index (κ1) is 19.1. The Morgan fingerprint density at radius 2 is 1.61 bits per heavy atom. The van der Waals surface area contributed by atoms with Gasteiger partial charge in [-0.2, -0.15) is 0 Å². The summed E-state index contributed by atoms with van der Waals surface area (Å²) in [5, 5.41) is 0. The third kappa shape index (κ3) is 7.25. The van der Waals surface area contributed by atoms with E-state index in [0.717, 1.165) is 12.8 Å². The highest BCUT2D eigenvalue weighted by Gasteiger charge is 2.18. The van der Waals surface area contributed by atoms with Crippen LogP contribution in [-0.2, 0) is 13.9 Å². The van der Waals surface area contributed by atoms with Crippen molar-refractivity contribution in [2.75, 3.05) is 19.8 Å². The van der Waals surface area contributed by atoms with E-state index in [4.69, 9.17) is 13.9 Å². The van der Waals surface area contributed by atoms with E-state index in [0.29, 0.717) is 13.2 Å². The SMILES string of the molecule is C=CCOC(=O)c1ccccc1C(=O)OCCCCO[Si](C)C. The molecule has 0 aromatic heterocycles. The Morgan fingerprint density at radius 3 is 2.17 bits per heavy atom. The van der Waals surface area contributed by atoms with Gasteiger partial charge in [0.15, 0.2) is 0 Å². The fraction of sp³-hybridized carbons (Fsp3) is 0.412. The average molecular weight is 335 g/mol. The molecule has 0 heterocycles. The second-order valence-electron chi connectivity index (χ2n) is 5.03. The van der Waals surface area contributed by atoms with Gasteiger partial charge in [0.05, 0.1) is 17.7 Å². The van der Waals surface area contributed by atoms with E-state index in [1.807, 2.05) is 0 Å². The Bertz CT molecular complexity index is 527. The first-order valence-electron chi connectivity index (χ1n) is 7.53. The molecule has 0 atom stereocenters. The summed E-state index contributed by atoms with van der Waals surface area (Å²) < 4.78 is 15.7. The van der Waals surface area contributed by atoms with Crippen molar-refractivity contribution in [2.24, 2.45) is 0 Å². The molecule has 0 amide bonds. The number of carbonyl (C=O) groups excluding carboxylic acids is 2. The van der Waals surface area contributed by atoms with Crippen LogP contribution in [0.1, 0.15) is 33.6 Å². The van der Waals surface area contributed by atoms with E-state index in [9.17, 15) is 9.59 Å². The lowest BCUT2D eigenvalue weighted by Gasteiger charge is -2.09. The molecule has 0 fully saturated rings. The van der Waals surface area contributed by atoms with Crippen molar-refractivity contribution < 1.29 is 23.5 Å². The van der Waals surface area contributed by atoms with Gasteiger partial charge in [-0.1, -0.05) is 24.8 Å². The van der Waals surface area contributed by atoms with Crippen molar-refractivity contribution in [3.63, 3.8) is 0 Å². The first-order valence-corrected chi connectivity index (χ1v) is 9.94. The molecule has 5 nitrogen and oxygen atoms in total. The second-order valence-corrected chi connectivity index (χ2v) is 7.14. The Labute approximate surface area is 139 Å². The summed E-state index contributed by atoms with van der Waals surface area (Å²) in [6, 6.07) is 6.45. The first-order chi connectivity index (χ1) is 11.1. The van der Waals surface area contributed by atoms with Gasteiger partial charge in [-0.05, 0) is 38.1 Å². The Morgan fingerprint density at radius 1 is 1.04 bits per heavy atom. The monoisotopic (exact) mass is 335 g/mol. The molecule has 1 rings (SSSR count). The molecule has 0 saturated heterocycles. The van der Waals surface area contributed by atoms with Gasteiger partial charge < -0.3 is 13.9 Å². The van der Waals surface area contributed by atoms with E-state index in [1.165, 1.54) is 6.08 Å². The molecule has 0 aliphatic carbocycles. The summed E-state index contributed by atoms with van der Waals surface area (Å²) in [7, 11) is -0.669. The lowest BCUT2D eigenvalue weighted by molar-refractivity contribution is 0.0467. The lowest BCUT2D eigenvalue weighted by atomic mass is 10.1. The molecule has 0 N–H and O–H groups in total. The fourth-order valence-corrected chi connectivity index (χ4v) is 2.33. The second kappa shape index (κ2) is 10.7. The van der Waals surface area contributed by atoms with Crippen LogP contribution in [0.5, 0.6) is 0 Å². The van der Waals surface area contributed by atoms with Crippen LogP contribution in [0.25, 0.3) is 0 Å². The van der Waals surface area contributed by atoms with E-state index in [2.05, 4.69) is 19.7 Å². The Hall–Kier alpha value is -1.92. The number of esters is 2. The number of benzene rings is 1. The van der Waals surface area contributed by atoms with Gasteiger partial charge in [-0.15, -0.1) is 0 Å². The van der Waals surface area contributed by atoms with Crippen molar-refractivity contribution >= 4 is 21.0 Å². The third-order valence-corrected chi connectivity index (χ3v) is 3.64. The Kier molecular flexibility index (Phi) is 8.93. The molecule has 0 saturated carbocycles. The van der Waals surface area contributed by atoms with Crippen LogP contribution in [0.2, 0.25) is 13.1 Å². The minimum Gasteiger partial charge on any atom is -0.462 e. The van der Waals surface area contributed by atoms with Crippen LogP contribution >= 0.6 is 0 Å². The van der Waals surface area contributed by atoms with E-state index in [-0.39, 0.29) is 17.7 Å². The molecule has 0 aliphatic rings. The van der Waals surface area contributed by atoms with E-state index >= 15 is 0 Å². The zero-order chi connectivity index (χ0) is 17.1. The molecule has 0 spiro atoms. The summed E-state index contributed by atoms with van der Waals surface area (Å²) >= 11 is 0. The molecule has 0 bridgehead atoms. The number of ether oxygens (including phenoxy) is 2. The topological polar surface area (TPSA) is 61.8 Å². The zero-order valence-electron chi connectivity index (χ0n) is 13.7. The predicted molar refractivity (Wildman–Crippen MR) is 89.9 cm³/mol.